The summed E-state index contributed by atoms with van der Waals surface area (Å²) in [7, 11) is 0. The number of hydrogen-bond donors (Lipinski definition) is 1. The molecule has 1 N–H and O–H groups in total. The number of carbonyl (C=O) groups excluding carboxylic acids is 2. The monoisotopic (exact) mass is 595 g/mol. The predicted octanol–water partition coefficient (Wildman–Crippen LogP) is 9.92. The molecule has 1 aliphatic carbocycles. The molecule has 0 radical (unpaired) electrons. The predicted molar refractivity (Wildman–Crippen MR) is 146 cm³/mol. The van der Waals surface area contributed by atoms with E-state index in [0.717, 1.165) is 0 Å². The number of anilines is 2. The van der Waals surface area contributed by atoms with Gasteiger partial charge in [-0.3, -0.25) is 9.59 Å². The van der Waals surface area contributed by atoms with Gasteiger partial charge in [-0.15, -0.1) is 0 Å². The minimum atomic E-state index is -0.482. The van der Waals surface area contributed by atoms with E-state index >= 15 is 0 Å². The number of ketones is 2. The van der Waals surface area contributed by atoms with Crippen LogP contribution in [0.15, 0.2) is 60.7 Å². The molecule has 0 saturated carbocycles. The molecule has 0 fully saturated rings. The van der Waals surface area contributed by atoms with Gasteiger partial charge >= 0.3 is 0 Å². The van der Waals surface area contributed by atoms with Crippen molar-refractivity contribution in [2.45, 2.75) is 0 Å². The minimum Gasteiger partial charge on any atom is -0.450 e. The Morgan fingerprint density at radius 3 is 1.53 bits per heavy atom. The van der Waals surface area contributed by atoms with Crippen LogP contribution in [0.2, 0.25) is 30.1 Å². The van der Waals surface area contributed by atoms with E-state index in [1.807, 2.05) is 0 Å². The number of hydrogen-bond acceptors (Lipinski definition) is 4. The van der Waals surface area contributed by atoms with Gasteiger partial charge in [0.25, 0.3) is 0 Å². The molecule has 0 heterocycles. The lowest BCUT2D eigenvalue weighted by Crippen LogP contribution is -2.22. The number of rotatable bonds is 4. The molecule has 0 amide bonds. The van der Waals surface area contributed by atoms with Crippen LogP contribution in [0.5, 0.6) is 11.5 Å². The molecule has 5 rings (SSSR count). The summed E-state index contributed by atoms with van der Waals surface area (Å²) in [5.41, 5.74) is 0.561. The Bertz CT molecular complexity index is 1440. The summed E-state index contributed by atoms with van der Waals surface area (Å²) in [5, 5.41) is 3.65. The van der Waals surface area contributed by atoms with Crippen molar-refractivity contribution < 1.29 is 14.3 Å². The molecule has 10 heteroatoms. The Morgan fingerprint density at radius 2 is 1.00 bits per heavy atom. The number of halogens is 6. The third kappa shape index (κ3) is 4.12. The molecule has 4 aromatic rings. The van der Waals surface area contributed by atoms with E-state index in [4.69, 9.17) is 74.3 Å². The highest BCUT2D eigenvalue weighted by molar-refractivity contribution is 6.47. The lowest BCUT2D eigenvalue weighted by molar-refractivity contribution is 0.0979. The average Bonchev–Trinajstić information content (AvgIpc) is 2.85. The average molecular weight is 598 g/mol. The van der Waals surface area contributed by atoms with Crippen LogP contribution in [0.3, 0.4) is 0 Å². The van der Waals surface area contributed by atoms with Crippen molar-refractivity contribution >= 4 is 92.5 Å². The zero-order chi connectivity index (χ0) is 25.7. The second-order valence-electron chi connectivity index (χ2n) is 7.66. The molecule has 180 valence electrons. The van der Waals surface area contributed by atoms with Crippen molar-refractivity contribution in [1.82, 2.24) is 0 Å². The van der Waals surface area contributed by atoms with Gasteiger partial charge in [0.15, 0.2) is 23.1 Å². The van der Waals surface area contributed by atoms with E-state index in [9.17, 15) is 9.59 Å². The lowest BCUT2D eigenvalue weighted by Gasteiger charge is -2.25. The van der Waals surface area contributed by atoms with Gasteiger partial charge < -0.3 is 10.1 Å². The quantitative estimate of drug-likeness (QED) is 0.224. The number of carbonyl (C=O) groups is 2. The third-order valence-corrected chi connectivity index (χ3v) is 7.50. The van der Waals surface area contributed by atoms with Crippen molar-refractivity contribution in [2.24, 2.45) is 0 Å². The van der Waals surface area contributed by atoms with Crippen LogP contribution in [0.1, 0.15) is 31.8 Å². The van der Waals surface area contributed by atoms with Crippen molar-refractivity contribution in [3.63, 3.8) is 0 Å². The second kappa shape index (κ2) is 9.79. The van der Waals surface area contributed by atoms with Gasteiger partial charge in [-0.1, -0.05) is 106 Å². The van der Waals surface area contributed by atoms with E-state index in [0.29, 0.717) is 0 Å². The van der Waals surface area contributed by atoms with Crippen LogP contribution in [-0.2, 0) is 0 Å². The van der Waals surface area contributed by atoms with Crippen LogP contribution in [0.4, 0.5) is 11.4 Å². The molecule has 0 atom stereocenters. The summed E-state index contributed by atoms with van der Waals surface area (Å²) in [5.74, 6) is -0.971. The summed E-state index contributed by atoms with van der Waals surface area (Å²) in [6.45, 7) is 0. The van der Waals surface area contributed by atoms with Crippen LogP contribution < -0.4 is 10.1 Å². The maximum absolute atomic E-state index is 13.5. The van der Waals surface area contributed by atoms with Crippen molar-refractivity contribution in [3.8, 4) is 11.5 Å². The van der Waals surface area contributed by atoms with E-state index < -0.39 is 11.6 Å². The number of ether oxygens (including phenoxy) is 1. The van der Waals surface area contributed by atoms with Crippen LogP contribution in [-0.4, -0.2) is 11.6 Å². The molecule has 0 aliphatic heterocycles. The van der Waals surface area contributed by atoms with Gasteiger partial charge in [0.2, 0.25) is 0 Å². The Labute approximate surface area is 235 Å². The van der Waals surface area contributed by atoms with Crippen LogP contribution in [0.25, 0.3) is 0 Å². The van der Waals surface area contributed by atoms with Crippen molar-refractivity contribution in [1.29, 1.82) is 0 Å². The molecule has 0 bridgehead atoms. The fourth-order valence-corrected chi connectivity index (χ4v) is 5.47. The number of benzene rings is 4. The smallest absolute Gasteiger partial charge is 0.196 e. The normalized spacial score (nSPS) is 12.3. The lowest BCUT2D eigenvalue weighted by atomic mass is 9.83. The van der Waals surface area contributed by atoms with Crippen molar-refractivity contribution in [3.05, 3.63) is 113 Å². The zero-order valence-corrected chi connectivity index (χ0v) is 22.3. The summed E-state index contributed by atoms with van der Waals surface area (Å²) in [6, 6.07) is 16.1. The Kier molecular flexibility index (Phi) is 6.86. The van der Waals surface area contributed by atoms with Crippen molar-refractivity contribution in [2.75, 3.05) is 5.32 Å². The first-order valence-corrected chi connectivity index (χ1v) is 12.5. The van der Waals surface area contributed by atoms with Gasteiger partial charge in [0, 0.05) is 11.1 Å². The summed E-state index contributed by atoms with van der Waals surface area (Å²) < 4.78 is 6.08. The van der Waals surface area contributed by atoms with E-state index in [1.54, 1.807) is 60.7 Å². The fraction of sp³-hybridized carbons (Fsp3) is 0. The number of fused-ring (bicyclic) bond motifs is 2. The topological polar surface area (TPSA) is 55.4 Å². The van der Waals surface area contributed by atoms with Gasteiger partial charge in [-0.25, -0.2) is 0 Å². The summed E-state index contributed by atoms with van der Waals surface area (Å²) >= 11 is 39.0. The summed E-state index contributed by atoms with van der Waals surface area (Å²) in [4.78, 5) is 27.0. The third-order valence-electron chi connectivity index (χ3n) is 5.54. The number of para-hydroxylation sites is 2. The Hall–Kier alpha value is -2.44. The maximum Gasteiger partial charge on any atom is 0.196 e. The van der Waals surface area contributed by atoms with Gasteiger partial charge in [-0.05, 0) is 24.3 Å². The highest BCUT2D eigenvalue weighted by Crippen LogP contribution is 2.52. The minimum absolute atomic E-state index is 0.0481. The van der Waals surface area contributed by atoms with E-state index in [2.05, 4.69) is 5.32 Å². The highest BCUT2D eigenvalue weighted by Gasteiger charge is 2.37. The molecular weight excluding hydrogens is 587 g/mol. The maximum atomic E-state index is 13.5. The van der Waals surface area contributed by atoms with Gasteiger partial charge in [-0.2, -0.15) is 0 Å². The molecular formula is C26H11Cl6NO3. The van der Waals surface area contributed by atoms with Crippen LogP contribution >= 0.6 is 69.6 Å². The SMILES string of the molecule is O=C1c2ccccc2C(=O)c2c(Cl)c(Oc3c(Cl)cccc3Cl)c(Nc3c(Cl)cccc3Cl)c(Cl)c21. The molecule has 1 aliphatic rings. The van der Waals surface area contributed by atoms with Crippen LogP contribution in [0, 0.1) is 0 Å². The number of nitrogens with one attached hydrogen (secondary N) is 1. The zero-order valence-electron chi connectivity index (χ0n) is 17.8. The first kappa shape index (κ1) is 25.2. The molecule has 4 aromatic carbocycles. The fourth-order valence-electron chi connectivity index (χ4n) is 3.87. The summed E-state index contributed by atoms with van der Waals surface area (Å²) in [6.07, 6.45) is 0. The largest absolute Gasteiger partial charge is 0.450 e. The first-order valence-electron chi connectivity index (χ1n) is 10.3. The molecule has 36 heavy (non-hydrogen) atoms. The van der Waals surface area contributed by atoms with Gasteiger partial charge in [0.05, 0.1) is 47.0 Å². The second-order valence-corrected chi connectivity index (χ2v) is 10.0. The molecule has 0 unspecified atom stereocenters. The highest BCUT2D eigenvalue weighted by atomic mass is 35.5. The molecule has 0 aromatic heterocycles. The standard InChI is InChI=1S/C26H11Cl6NO3/c27-13-7-3-8-14(28)21(13)33-22-19(31)17-18(24(35)12-6-2-1-5-11(12)23(17)34)20(32)26(22)36-25-15(29)9-4-10-16(25)30/h1-10,33H. The molecule has 0 saturated heterocycles. The molecule has 0 spiro atoms. The van der Waals surface area contributed by atoms with E-state index in [-0.39, 0.29) is 75.3 Å². The Balaban J connectivity index is 1.81. The van der Waals surface area contributed by atoms with E-state index in [1.165, 1.54) is 0 Å². The first-order chi connectivity index (χ1) is 17.2. The molecule has 4 nitrogen and oxygen atoms in total. The Morgan fingerprint density at radius 1 is 0.528 bits per heavy atom. The van der Waals surface area contributed by atoms with Gasteiger partial charge in [0.1, 0.15) is 5.69 Å².